The largest absolute Gasteiger partial charge is 0.394 e. The van der Waals surface area contributed by atoms with Crippen molar-refractivity contribution in [2.75, 3.05) is 23.8 Å². The summed E-state index contributed by atoms with van der Waals surface area (Å²) in [5.74, 6) is -3.52. The third-order valence-corrected chi connectivity index (χ3v) is 7.40. The normalized spacial score (nSPS) is 11.6. The van der Waals surface area contributed by atoms with E-state index in [0.29, 0.717) is 7.14 Å². The van der Waals surface area contributed by atoms with Crippen molar-refractivity contribution in [2.45, 2.75) is 32.5 Å². The zero-order chi connectivity index (χ0) is 36.3. The van der Waals surface area contributed by atoms with E-state index in [0.717, 1.165) is 24.3 Å². The Hall–Kier alpha value is -3.56. The molecule has 0 aliphatic heterocycles. The van der Waals surface area contributed by atoms with Gasteiger partial charge in [-0.15, -0.1) is 0 Å². The molecule has 1 atom stereocenters. The number of hydroxylamine groups is 2. The van der Waals surface area contributed by atoms with Gasteiger partial charge in [0.2, 0.25) is 0 Å². The van der Waals surface area contributed by atoms with Crippen molar-refractivity contribution in [1.82, 2.24) is 11.0 Å². The maximum Gasteiger partial charge on any atom is 0.276 e. The second-order valence-electron chi connectivity index (χ2n) is 11.0. The Morgan fingerprint density at radius 1 is 0.735 bits per heavy atom. The van der Waals surface area contributed by atoms with Crippen LogP contribution in [0.3, 0.4) is 0 Å². The summed E-state index contributed by atoms with van der Waals surface area (Å²) in [6.07, 6.45) is -0.598. The smallest absolute Gasteiger partial charge is 0.276 e. The maximum absolute atomic E-state index is 14.0. The van der Waals surface area contributed by atoms with E-state index in [1.807, 2.05) is 45.2 Å². The van der Waals surface area contributed by atoms with Gasteiger partial charge in [-0.1, -0.05) is 0 Å². The predicted octanol–water partition coefficient (Wildman–Crippen LogP) is 7.10. The molecule has 0 aliphatic rings. The molecular formula is C33H32F4I2N4O6. The number of aliphatic hydroxyl groups excluding tert-OH is 1. The van der Waals surface area contributed by atoms with Crippen LogP contribution in [0.15, 0.2) is 72.8 Å². The molecule has 49 heavy (non-hydrogen) atoms. The molecule has 10 nitrogen and oxygen atoms in total. The Balaban J connectivity index is 0.000000266. The quantitative estimate of drug-likeness (QED) is 0.0503. The monoisotopic (exact) mass is 910 g/mol. The Labute approximate surface area is 306 Å². The van der Waals surface area contributed by atoms with Crippen LogP contribution in [0.2, 0.25) is 0 Å². The number of nitrogens with one attached hydrogen (secondary N) is 4. The topological polar surface area (TPSA) is 141 Å². The van der Waals surface area contributed by atoms with Crippen LogP contribution >= 0.6 is 45.2 Å². The van der Waals surface area contributed by atoms with Gasteiger partial charge in [-0.2, -0.15) is 0 Å². The molecule has 0 spiro atoms. The summed E-state index contributed by atoms with van der Waals surface area (Å²) >= 11 is 3.94. The fourth-order valence-corrected chi connectivity index (χ4v) is 4.59. The van der Waals surface area contributed by atoms with E-state index in [1.54, 1.807) is 19.1 Å². The van der Waals surface area contributed by atoms with E-state index < -0.39 is 46.8 Å². The van der Waals surface area contributed by atoms with Crippen LogP contribution in [0.4, 0.5) is 40.3 Å². The van der Waals surface area contributed by atoms with Gasteiger partial charge in [-0.3, -0.25) is 19.3 Å². The van der Waals surface area contributed by atoms with Crippen LogP contribution in [0.5, 0.6) is 0 Å². The molecular weight excluding hydrogens is 878 g/mol. The van der Waals surface area contributed by atoms with Gasteiger partial charge < -0.3 is 20.8 Å². The van der Waals surface area contributed by atoms with Crippen molar-refractivity contribution in [1.29, 1.82) is 0 Å². The highest BCUT2D eigenvalue weighted by molar-refractivity contribution is 14.1. The molecule has 6 N–H and O–H groups in total. The summed E-state index contributed by atoms with van der Waals surface area (Å²) in [5, 5.41) is 23.9. The summed E-state index contributed by atoms with van der Waals surface area (Å²) in [7, 11) is 0. The molecule has 16 heteroatoms. The van der Waals surface area contributed by atoms with Gasteiger partial charge in [0.1, 0.15) is 36.0 Å². The molecule has 0 aliphatic carbocycles. The summed E-state index contributed by atoms with van der Waals surface area (Å²) in [5.41, 5.74) is 3.74. The zero-order valence-electron chi connectivity index (χ0n) is 26.2. The standard InChI is InChI=1S/C17H17F2IN2O3.C16H15F2IN2O3/c1-17(2,24)9-25-22-16(23)12-5-3-10(18)7-15(12)21-14-6-4-11(20)8-13(14)19;1-9(8-22)24-21-16(23)12-4-2-10(17)6-15(12)20-14-5-3-11(19)7-13(14)18/h3-8,21,24H,9H2,1-2H3,(H,22,23);2-7,9,20,22H,8H2,1H3,(H,21,23). The van der Waals surface area contributed by atoms with Gasteiger partial charge >= 0.3 is 0 Å². The fraction of sp³-hybridized carbons (Fsp3) is 0.212. The fourth-order valence-electron chi connectivity index (χ4n) is 3.69. The zero-order valence-corrected chi connectivity index (χ0v) is 30.5. The van der Waals surface area contributed by atoms with Crippen LogP contribution in [0.1, 0.15) is 41.5 Å². The van der Waals surface area contributed by atoms with Gasteiger partial charge in [-0.25, -0.2) is 28.5 Å². The molecule has 4 aromatic rings. The lowest BCUT2D eigenvalue weighted by Gasteiger charge is -2.17. The van der Waals surface area contributed by atoms with Crippen LogP contribution in [-0.4, -0.2) is 46.9 Å². The van der Waals surface area contributed by atoms with E-state index >= 15 is 0 Å². The molecule has 0 radical (unpaired) electrons. The summed E-state index contributed by atoms with van der Waals surface area (Å²) in [6.45, 7) is 4.19. The van der Waals surface area contributed by atoms with E-state index in [9.17, 15) is 32.3 Å². The average molecular weight is 910 g/mol. The molecule has 1 unspecified atom stereocenters. The van der Waals surface area contributed by atoms with Crippen molar-refractivity contribution in [3.63, 3.8) is 0 Å². The van der Waals surface area contributed by atoms with E-state index in [4.69, 9.17) is 14.8 Å². The van der Waals surface area contributed by atoms with E-state index in [-0.39, 0.29) is 47.1 Å². The first-order chi connectivity index (χ1) is 23.1. The summed E-state index contributed by atoms with van der Waals surface area (Å²) < 4.78 is 56.4. The molecule has 4 rings (SSSR count). The highest BCUT2D eigenvalue weighted by atomic mass is 127. The number of benzene rings is 4. The number of anilines is 4. The first-order valence-electron chi connectivity index (χ1n) is 14.3. The van der Waals surface area contributed by atoms with Crippen LogP contribution < -0.4 is 21.6 Å². The third kappa shape index (κ3) is 13.0. The number of amides is 2. The third-order valence-electron chi connectivity index (χ3n) is 6.05. The lowest BCUT2D eigenvalue weighted by atomic mass is 10.1. The van der Waals surface area contributed by atoms with Crippen molar-refractivity contribution < 1.29 is 47.0 Å². The van der Waals surface area contributed by atoms with Gasteiger partial charge in [0.05, 0.1) is 46.1 Å². The highest BCUT2D eigenvalue weighted by Crippen LogP contribution is 2.27. The van der Waals surface area contributed by atoms with Gasteiger partial charge in [-0.05, 0) is 139 Å². The van der Waals surface area contributed by atoms with E-state index in [1.165, 1.54) is 50.2 Å². The first-order valence-corrected chi connectivity index (χ1v) is 16.5. The minimum absolute atomic E-state index is 0.0649. The Kier molecular flexibility index (Phi) is 15.0. The minimum Gasteiger partial charge on any atom is -0.394 e. The molecule has 262 valence electrons. The number of rotatable bonds is 12. The minimum atomic E-state index is -1.12. The molecule has 0 fully saturated rings. The van der Waals surface area contributed by atoms with Crippen LogP contribution in [0, 0.1) is 30.4 Å². The Bertz CT molecular complexity index is 1780. The number of carbonyl (C=O) groups excluding carboxylic acids is 2. The first kappa shape index (κ1) is 39.9. The number of hydrogen-bond acceptors (Lipinski definition) is 8. The molecule has 2 amide bonds. The van der Waals surface area contributed by atoms with Crippen LogP contribution in [-0.2, 0) is 9.68 Å². The number of halogens is 6. The number of carbonyl (C=O) groups is 2. The van der Waals surface area contributed by atoms with Gasteiger partial charge in [0.25, 0.3) is 11.8 Å². The van der Waals surface area contributed by atoms with Crippen molar-refractivity contribution in [2.24, 2.45) is 0 Å². The SMILES string of the molecule is CC(C)(O)CONC(=O)c1ccc(F)cc1Nc1ccc(I)cc1F.CC(CO)ONC(=O)c1ccc(F)cc1Nc1ccc(I)cc1F. The molecule has 0 saturated carbocycles. The summed E-state index contributed by atoms with van der Waals surface area (Å²) in [6, 6.07) is 15.9. The number of aliphatic hydroxyl groups is 2. The molecule has 0 heterocycles. The Morgan fingerprint density at radius 3 is 1.59 bits per heavy atom. The lowest BCUT2D eigenvalue weighted by molar-refractivity contribution is -0.0522. The number of hydrogen-bond donors (Lipinski definition) is 6. The van der Waals surface area contributed by atoms with Gasteiger partial charge in [0, 0.05) is 7.14 Å². The average Bonchev–Trinajstić information content (AvgIpc) is 3.02. The maximum atomic E-state index is 14.0. The van der Waals surface area contributed by atoms with Crippen molar-refractivity contribution in [3.05, 3.63) is 114 Å². The lowest BCUT2D eigenvalue weighted by Crippen LogP contribution is -2.33. The predicted molar refractivity (Wildman–Crippen MR) is 192 cm³/mol. The molecule has 0 saturated heterocycles. The van der Waals surface area contributed by atoms with Gasteiger partial charge in [0.15, 0.2) is 0 Å². The molecule has 0 bridgehead atoms. The molecule has 0 aromatic heterocycles. The second-order valence-corrected chi connectivity index (χ2v) is 13.4. The van der Waals surface area contributed by atoms with Crippen molar-refractivity contribution in [3.8, 4) is 0 Å². The molecule has 4 aromatic carbocycles. The van der Waals surface area contributed by atoms with Crippen LogP contribution in [0.25, 0.3) is 0 Å². The van der Waals surface area contributed by atoms with Crippen molar-refractivity contribution >= 4 is 79.7 Å². The highest BCUT2D eigenvalue weighted by Gasteiger charge is 2.18. The second kappa shape index (κ2) is 18.4. The summed E-state index contributed by atoms with van der Waals surface area (Å²) in [4.78, 5) is 34.2. The van der Waals surface area contributed by atoms with E-state index in [2.05, 4.69) is 21.6 Å². The Morgan fingerprint density at radius 2 is 1.18 bits per heavy atom.